The minimum atomic E-state index is -4.88. The number of fused-ring (bicyclic) bond motifs is 1. The molecule has 2 aliphatic rings. The molecule has 2 fully saturated rings. The van der Waals surface area contributed by atoms with E-state index in [0.29, 0.717) is 11.6 Å². The van der Waals surface area contributed by atoms with Crippen LogP contribution in [0.3, 0.4) is 0 Å². The summed E-state index contributed by atoms with van der Waals surface area (Å²) < 4.78 is 82.4. The van der Waals surface area contributed by atoms with E-state index in [4.69, 9.17) is 0 Å². The number of benzene rings is 2. The van der Waals surface area contributed by atoms with Crippen LogP contribution in [0.4, 0.5) is 26.3 Å². The van der Waals surface area contributed by atoms with Gasteiger partial charge in [0.05, 0.1) is 21.3 Å². The fourth-order valence-electron chi connectivity index (χ4n) is 5.69. The second-order valence-corrected chi connectivity index (χ2v) is 12.2. The second kappa shape index (κ2) is 10.6. The van der Waals surface area contributed by atoms with Crippen molar-refractivity contribution in [1.82, 2.24) is 14.8 Å². The lowest BCUT2D eigenvalue weighted by molar-refractivity contribution is -0.143. The Morgan fingerprint density at radius 2 is 1.62 bits per heavy atom. The summed E-state index contributed by atoms with van der Waals surface area (Å²) in [5.41, 5.74) is -0.281. The van der Waals surface area contributed by atoms with Gasteiger partial charge in [-0.15, -0.1) is 0 Å². The maximum Gasteiger partial charge on any atom is 0.416 e. The Morgan fingerprint density at radius 1 is 1.00 bits per heavy atom. The number of nitrogens with one attached hydrogen (secondary N) is 1. The van der Waals surface area contributed by atoms with Crippen LogP contribution in [0.25, 0.3) is 10.2 Å². The summed E-state index contributed by atoms with van der Waals surface area (Å²) >= 11 is 1.22. The number of likely N-dealkylation sites (tertiary alicyclic amines) is 1. The zero-order chi connectivity index (χ0) is 28.9. The van der Waals surface area contributed by atoms with E-state index >= 15 is 0 Å². The fraction of sp³-hybridized carbons (Fsp3) is 0.483. The Hall–Kier alpha value is -2.79. The van der Waals surface area contributed by atoms with E-state index in [1.54, 1.807) is 11.6 Å². The van der Waals surface area contributed by atoms with Crippen molar-refractivity contribution in [3.8, 4) is 0 Å². The Morgan fingerprint density at radius 3 is 2.20 bits per heavy atom. The number of aryl methyl sites for hydroxylation is 1. The molecule has 1 aliphatic carbocycles. The van der Waals surface area contributed by atoms with Gasteiger partial charge in [0.25, 0.3) is 0 Å². The second-order valence-electron chi connectivity index (χ2n) is 11.2. The van der Waals surface area contributed by atoms with Crippen LogP contribution in [-0.2, 0) is 32.5 Å². The summed E-state index contributed by atoms with van der Waals surface area (Å²) in [7, 11) is 1.76. The molecule has 2 heterocycles. The summed E-state index contributed by atoms with van der Waals surface area (Å²) in [5.74, 6) is 0.567. The molecule has 1 aromatic heterocycles. The molecule has 5 rings (SSSR count). The number of aromatic nitrogens is 1. The lowest BCUT2D eigenvalue weighted by atomic mass is 9.72. The lowest BCUT2D eigenvalue weighted by Gasteiger charge is -2.44. The number of piperidine rings is 1. The van der Waals surface area contributed by atoms with E-state index in [9.17, 15) is 31.1 Å². The van der Waals surface area contributed by atoms with Gasteiger partial charge in [0.2, 0.25) is 0 Å². The van der Waals surface area contributed by atoms with Crippen molar-refractivity contribution in [3.05, 3.63) is 80.6 Å². The highest BCUT2D eigenvalue weighted by molar-refractivity contribution is 7.16. The van der Waals surface area contributed by atoms with Gasteiger partial charge in [-0.2, -0.15) is 26.3 Å². The van der Waals surface area contributed by atoms with Gasteiger partial charge in [0.1, 0.15) is 0 Å². The molecule has 1 N–H and O–H groups in total. The summed E-state index contributed by atoms with van der Waals surface area (Å²) in [6, 6.07) is 7.75. The van der Waals surface area contributed by atoms with Crippen molar-refractivity contribution in [2.75, 3.05) is 13.1 Å². The molecular weight excluding hydrogens is 552 g/mol. The summed E-state index contributed by atoms with van der Waals surface area (Å²) in [5, 5.41) is 3.11. The molecule has 1 aliphatic heterocycles. The van der Waals surface area contributed by atoms with Crippen LogP contribution in [0, 0.1) is 11.3 Å². The van der Waals surface area contributed by atoms with Crippen molar-refractivity contribution in [3.63, 3.8) is 0 Å². The standard InChI is InChI=1S/C29H31F6N3OS/c1-18(36-16-21-11-22(28(30,31)32)14-23(12-21)29(33,34)35)27(15-19-3-4-19)7-9-38(10-8-27)17-20-5-6-25-24(13-20)37(2)26(39)40-25/h5-6,11-14,19,36H,1,3-4,7-10,15-17H2,2H3. The minimum absolute atomic E-state index is 0.000701. The molecule has 0 spiro atoms. The molecule has 3 aromatic rings. The minimum Gasteiger partial charge on any atom is -0.384 e. The Bertz CT molecular complexity index is 1430. The molecule has 216 valence electrons. The molecule has 11 heteroatoms. The van der Waals surface area contributed by atoms with Crippen molar-refractivity contribution >= 4 is 21.6 Å². The van der Waals surface area contributed by atoms with E-state index in [-0.39, 0.29) is 28.5 Å². The summed E-state index contributed by atoms with van der Waals surface area (Å²) in [4.78, 5) is 14.3. The van der Waals surface area contributed by atoms with Crippen LogP contribution in [0.5, 0.6) is 0 Å². The van der Waals surface area contributed by atoms with Crippen LogP contribution in [0.15, 0.2) is 53.5 Å². The first-order valence-corrected chi connectivity index (χ1v) is 14.1. The largest absolute Gasteiger partial charge is 0.416 e. The van der Waals surface area contributed by atoms with E-state index in [0.717, 1.165) is 79.7 Å². The quantitative estimate of drug-likeness (QED) is 0.283. The molecule has 2 aromatic carbocycles. The first-order valence-electron chi connectivity index (χ1n) is 13.3. The first kappa shape index (κ1) is 28.7. The van der Waals surface area contributed by atoms with Crippen molar-refractivity contribution < 1.29 is 26.3 Å². The summed E-state index contributed by atoms with van der Waals surface area (Å²) in [6.07, 6.45) is -5.01. The number of rotatable bonds is 8. The van der Waals surface area contributed by atoms with Gasteiger partial charge >= 0.3 is 17.2 Å². The molecule has 0 bridgehead atoms. The SMILES string of the molecule is C=C(NCc1cc(C(F)(F)F)cc(C(F)(F)F)c1)C1(CC2CC2)CCN(Cc2ccc3sc(=O)n(C)c3c2)CC1. The maximum atomic E-state index is 13.3. The molecule has 1 saturated heterocycles. The van der Waals surface area contributed by atoms with Crippen LogP contribution < -0.4 is 10.2 Å². The average molecular weight is 584 g/mol. The van der Waals surface area contributed by atoms with E-state index < -0.39 is 23.5 Å². The maximum absolute atomic E-state index is 13.3. The lowest BCUT2D eigenvalue weighted by Crippen LogP contribution is -2.43. The zero-order valence-corrected chi connectivity index (χ0v) is 22.9. The number of allylic oxidation sites excluding steroid dienone is 1. The number of nitrogens with zero attached hydrogens (tertiary/aromatic N) is 2. The molecule has 40 heavy (non-hydrogen) atoms. The third-order valence-corrected chi connectivity index (χ3v) is 9.26. The average Bonchev–Trinajstić information content (AvgIpc) is 3.66. The molecule has 0 amide bonds. The topological polar surface area (TPSA) is 37.3 Å². The van der Waals surface area contributed by atoms with E-state index in [1.165, 1.54) is 11.3 Å². The third-order valence-electron chi connectivity index (χ3n) is 8.25. The van der Waals surface area contributed by atoms with Gasteiger partial charge in [-0.25, -0.2) is 0 Å². The highest BCUT2D eigenvalue weighted by atomic mass is 32.1. The van der Waals surface area contributed by atoms with Gasteiger partial charge in [-0.05, 0) is 79.7 Å². The number of hydrogen-bond donors (Lipinski definition) is 1. The molecule has 4 nitrogen and oxygen atoms in total. The fourth-order valence-corrected chi connectivity index (χ4v) is 6.55. The third kappa shape index (κ3) is 6.25. The monoisotopic (exact) mass is 583 g/mol. The van der Waals surface area contributed by atoms with Crippen LogP contribution >= 0.6 is 11.3 Å². The zero-order valence-electron chi connectivity index (χ0n) is 22.1. The first-order chi connectivity index (χ1) is 18.7. The van der Waals surface area contributed by atoms with E-state index in [1.807, 2.05) is 18.2 Å². The van der Waals surface area contributed by atoms with Crippen molar-refractivity contribution in [2.24, 2.45) is 18.4 Å². The van der Waals surface area contributed by atoms with E-state index in [2.05, 4.69) is 16.8 Å². The van der Waals surface area contributed by atoms with Gasteiger partial charge in [0, 0.05) is 31.2 Å². The van der Waals surface area contributed by atoms with Gasteiger partial charge < -0.3 is 9.88 Å². The predicted molar refractivity (Wildman–Crippen MR) is 144 cm³/mol. The molecule has 0 atom stereocenters. The predicted octanol–water partition coefficient (Wildman–Crippen LogP) is 7.32. The number of thiazole rings is 1. The number of halogens is 6. The Kier molecular flexibility index (Phi) is 7.58. The number of alkyl halides is 6. The Balaban J connectivity index is 1.27. The van der Waals surface area contributed by atoms with Gasteiger partial charge in [-0.3, -0.25) is 9.69 Å². The molecule has 0 radical (unpaired) electrons. The smallest absolute Gasteiger partial charge is 0.384 e. The van der Waals surface area contributed by atoms with Crippen LogP contribution in [-0.4, -0.2) is 22.6 Å². The summed E-state index contributed by atoms with van der Waals surface area (Å²) in [6.45, 7) is 6.37. The highest BCUT2D eigenvalue weighted by Crippen LogP contribution is 2.49. The Labute approximate surface area is 232 Å². The normalized spacial score (nSPS) is 18.3. The van der Waals surface area contributed by atoms with Crippen LogP contribution in [0.1, 0.15) is 54.4 Å². The van der Waals surface area contributed by atoms with Crippen molar-refractivity contribution in [2.45, 2.75) is 57.5 Å². The van der Waals surface area contributed by atoms with Crippen LogP contribution in [0.2, 0.25) is 0 Å². The molecule has 0 unspecified atom stereocenters. The van der Waals surface area contributed by atoms with Gasteiger partial charge in [-0.1, -0.05) is 36.8 Å². The van der Waals surface area contributed by atoms with Crippen molar-refractivity contribution in [1.29, 1.82) is 0 Å². The highest BCUT2D eigenvalue weighted by Gasteiger charge is 2.42. The molecule has 1 saturated carbocycles. The number of hydrogen-bond acceptors (Lipinski definition) is 4. The van der Waals surface area contributed by atoms with Gasteiger partial charge in [0.15, 0.2) is 0 Å². The molecular formula is C29H31F6N3OS.